The fraction of sp³-hybridized carbons (Fsp3) is 0.300. The van der Waals surface area contributed by atoms with E-state index in [9.17, 15) is 14.5 Å². The first-order valence-electron chi connectivity index (χ1n) is 4.43. The zero-order chi connectivity index (χ0) is 11.1. The van der Waals surface area contributed by atoms with Crippen LogP contribution in [0, 0.1) is 22.5 Å². The lowest BCUT2D eigenvalue weighted by atomic mass is 10.0. The van der Waals surface area contributed by atoms with E-state index >= 15 is 0 Å². The minimum atomic E-state index is -0.868. The van der Waals surface area contributed by atoms with Crippen LogP contribution in [0.1, 0.15) is 18.4 Å². The smallest absolute Gasteiger partial charge is 0.305 e. The minimum absolute atomic E-state index is 0.211. The molecule has 0 aromatic heterocycles. The third-order valence-corrected chi connectivity index (χ3v) is 2.61. The van der Waals surface area contributed by atoms with E-state index in [-0.39, 0.29) is 5.56 Å². The van der Waals surface area contributed by atoms with E-state index < -0.39 is 22.0 Å². The van der Waals surface area contributed by atoms with Gasteiger partial charge in [-0.2, -0.15) is 4.39 Å². The van der Waals surface area contributed by atoms with Gasteiger partial charge in [-0.15, -0.1) is 0 Å². The Hall–Kier alpha value is -1.96. The maximum atomic E-state index is 13.3. The van der Waals surface area contributed by atoms with Crippen molar-refractivity contribution < 1.29 is 9.31 Å². The molecule has 0 heterocycles. The molecule has 1 fully saturated rings. The van der Waals surface area contributed by atoms with Gasteiger partial charge in [-0.1, -0.05) is 6.07 Å². The average Bonchev–Trinajstić information content (AvgIpc) is 2.97. The molecule has 76 valence electrons. The summed E-state index contributed by atoms with van der Waals surface area (Å²) in [6.07, 6.45) is 1.14. The summed E-state index contributed by atoms with van der Waals surface area (Å²) < 4.78 is 13.3. The van der Waals surface area contributed by atoms with E-state index in [1.807, 2.05) is 0 Å². The number of rotatable bonds is 2. The third-order valence-electron chi connectivity index (χ3n) is 2.61. The van der Waals surface area contributed by atoms with Crippen molar-refractivity contribution in [1.82, 2.24) is 0 Å². The predicted molar refractivity (Wildman–Crippen MR) is 50.6 cm³/mol. The largest absolute Gasteiger partial charge is 0.316 e. The molecule has 15 heavy (non-hydrogen) atoms. The highest BCUT2D eigenvalue weighted by Gasteiger charge is 2.56. The van der Waals surface area contributed by atoms with Gasteiger partial charge in [-0.25, -0.2) is 6.57 Å². The van der Waals surface area contributed by atoms with E-state index in [1.54, 1.807) is 0 Å². The topological polar surface area (TPSA) is 47.5 Å². The molecule has 1 aliphatic carbocycles. The van der Waals surface area contributed by atoms with Crippen molar-refractivity contribution in [2.75, 3.05) is 0 Å². The number of nitrogens with zero attached hydrogens (tertiary/aromatic N) is 2. The first kappa shape index (κ1) is 9.59. The Morgan fingerprint density at radius 2 is 2.20 bits per heavy atom. The van der Waals surface area contributed by atoms with Gasteiger partial charge < -0.3 is 4.85 Å². The van der Waals surface area contributed by atoms with Gasteiger partial charge >= 0.3 is 5.69 Å². The summed E-state index contributed by atoms with van der Waals surface area (Å²) >= 11 is 0. The summed E-state index contributed by atoms with van der Waals surface area (Å²) in [6.45, 7) is 6.99. The maximum Gasteiger partial charge on any atom is 0.316 e. The molecule has 1 aliphatic rings. The fourth-order valence-corrected chi connectivity index (χ4v) is 1.64. The van der Waals surface area contributed by atoms with Crippen molar-refractivity contribution in [3.8, 4) is 0 Å². The Morgan fingerprint density at radius 3 is 2.67 bits per heavy atom. The molecule has 5 heteroatoms. The standard InChI is InChI=1S/C10H7FN2O2/c1-12-10(5-6-10)7-3-2-4-8(11)9(7)13(14)15/h2-4H,5-6H2. The Labute approximate surface area is 85.3 Å². The summed E-state index contributed by atoms with van der Waals surface area (Å²) in [5.74, 6) is -0.868. The quantitative estimate of drug-likeness (QED) is 0.424. The van der Waals surface area contributed by atoms with Crippen LogP contribution >= 0.6 is 0 Å². The van der Waals surface area contributed by atoms with Crippen molar-refractivity contribution in [3.05, 3.63) is 51.1 Å². The van der Waals surface area contributed by atoms with Crippen molar-refractivity contribution in [2.24, 2.45) is 0 Å². The van der Waals surface area contributed by atoms with Gasteiger partial charge in [0.15, 0.2) is 0 Å². The zero-order valence-electron chi connectivity index (χ0n) is 7.74. The second-order valence-electron chi connectivity index (χ2n) is 3.54. The molecule has 0 unspecified atom stereocenters. The highest BCUT2D eigenvalue weighted by molar-refractivity contribution is 5.50. The normalized spacial score (nSPS) is 16.8. The van der Waals surface area contributed by atoms with Crippen LogP contribution in [0.2, 0.25) is 0 Å². The minimum Gasteiger partial charge on any atom is -0.305 e. The van der Waals surface area contributed by atoms with Gasteiger partial charge in [0, 0.05) is 12.8 Å². The molecule has 4 nitrogen and oxygen atoms in total. The number of nitro benzene ring substituents is 1. The number of halogens is 1. The van der Waals surface area contributed by atoms with Crippen LogP contribution < -0.4 is 0 Å². The number of hydrogen-bond donors (Lipinski definition) is 0. The number of para-hydroxylation sites is 1. The highest BCUT2D eigenvalue weighted by atomic mass is 19.1. The lowest BCUT2D eigenvalue weighted by Gasteiger charge is -2.03. The van der Waals surface area contributed by atoms with Crippen LogP contribution in [0.4, 0.5) is 10.1 Å². The summed E-state index contributed by atoms with van der Waals surface area (Å²) in [5.41, 5.74) is -1.18. The van der Waals surface area contributed by atoms with Gasteiger partial charge in [-0.05, 0) is 12.1 Å². The van der Waals surface area contributed by atoms with Crippen molar-refractivity contribution in [1.29, 1.82) is 0 Å². The lowest BCUT2D eigenvalue weighted by molar-refractivity contribution is -0.388. The van der Waals surface area contributed by atoms with Crippen LogP contribution in [-0.4, -0.2) is 4.92 Å². The summed E-state index contributed by atoms with van der Waals surface area (Å²) in [4.78, 5) is 13.3. The Kier molecular flexibility index (Phi) is 1.93. The van der Waals surface area contributed by atoms with Crippen LogP contribution in [0.3, 0.4) is 0 Å². The van der Waals surface area contributed by atoms with Gasteiger partial charge in [0.2, 0.25) is 5.82 Å². The monoisotopic (exact) mass is 206 g/mol. The van der Waals surface area contributed by atoms with Gasteiger partial charge in [-0.3, -0.25) is 10.1 Å². The first-order chi connectivity index (χ1) is 7.10. The molecule has 0 atom stereocenters. The second-order valence-corrected chi connectivity index (χ2v) is 3.54. The van der Waals surface area contributed by atoms with Crippen LogP contribution in [0.15, 0.2) is 18.2 Å². The summed E-state index contributed by atoms with van der Waals surface area (Å²) in [7, 11) is 0. The zero-order valence-corrected chi connectivity index (χ0v) is 7.74. The van der Waals surface area contributed by atoms with Crippen molar-refractivity contribution in [2.45, 2.75) is 18.4 Å². The lowest BCUT2D eigenvalue weighted by Crippen LogP contribution is -2.06. The predicted octanol–water partition coefficient (Wildman–Crippen LogP) is 2.64. The van der Waals surface area contributed by atoms with Gasteiger partial charge in [0.05, 0.1) is 4.92 Å². The molecule has 0 saturated heterocycles. The molecule has 0 bridgehead atoms. The summed E-state index contributed by atoms with van der Waals surface area (Å²) in [6, 6.07) is 3.91. The molecular formula is C10H7FN2O2. The Morgan fingerprint density at radius 1 is 1.53 bits per heavy atom. The Bertz CT molecular complexity index is 475. The molecule has 2 rings (SSSR count). The third kappa shape index (κ3) is 1.34. The highest BCUT2D eigenvalue weighted by Crippen LogP contribution is 2.52. The molecule has 0 aliphatic heterocycles. The molecular weight excluding hydrogens is 199 g/mol. The maximum absolute atomic E-state index is 13.3. The molecule has 0 spiro atoms. The average molecular weight is 206 g/mol. The fourth-order valence-electron chi connectivity index (χ4n) is 1.64. The van der Waals surface area contributed by atoms with Crippen molar-refractivity contribution >= 4 is 5.69 Å². The van der Waals surface area contributed by atoms with E-state index in [2.05, 4.69) is 4.85 Å². The van der Waals surface area contributed by atoms with Gasteiger partial charge in [0.25, 0.3) is 5.54 Å². The number of benzene rings is 1. The number of nitro groups is 1. The number of hydrogen-bond acceptors (Lipinski definition) is 2. The molecule has 1 aromatic rings. The van der Waals surface area contributed by atoms with Crippen LogP contribution in [-0.2, 0) is 5.54 Å². The van der Waals surface area contributed by atoms with E-state index in [0.717, 1.165) is 6.07 Å². The molecule has 0 amide bonds. The van der Waals surface area contributed by atoms with Crippen LogP contribution in [0.25, 0.3) is 4.85 Å². The molecule has 0 N–H and O–H groups in total. The van der Waals surface area contributed by atoms with Crippen LogP contribution in [0.5, 0.6) is 0 Å². The van der Waals surface area contributed by atoms with E-state index in [1.165, 1.54) is 12.1 Å². The summed E-state index contributed by atoms with van der Waals surface area (Å²) in [5, 5.41) is 10.7. The first-order valence-corrected chi connectivity index (χ1v) is 4.43. The van der Waals surface area contributed by atoms with Gasteiger partial charge in [0.1, 0.15) is 5.56 Å². The SMILES string of the molecule is [C-]#[N+]C1(c2cccc(F)c2[N+](=O)[O-])CC1. The Balaban J connectivity index is 2.63. The molecule has 1 aromatic carbocycles. The second kappa shape index (κ2) is 3.02. The van der Waals surface area contributed by atoms with Crippen molar-refractivity contribution in [3.63, 3.8) is 0 Å². The molecule has 0 radical (unpaired) electrons. The van der Waals surface area contributed by atoms with E-state index in [0.29, 0.717) is 12.8 Å². The molecule has 1 saturated carbocycles. The van der Waals surface area contributed by atoms with E-state index in [4.69, 9.17) is 6.57 Å².